The lowest BCUT2D eigenvalue weighted by molar-refractivity contribution is -0.116. The maximum Gasteiger partial charge on any atom is 0.226 e. The van der Waals surface area contributed by atoms with Crippen LogP contribution in [0.1, 0.15) is 23.6 Å². The number of aromatic nitrogens is 1. The van der Waals surface area contributed by atoms with E-state index in [1.54, 1.807) is 24.3 Å². The molecule has 24 heavy (non-hydrogen) atoms. The third-order valence-corrected chi connectivity index (χ3v) is 4.29. The first-order valence-electron chi connectivity index (χ1n) is 7.87. The van der Waals surface area contributed by atoms with Gasteiger partial charge in [0.15, 0.2) is 0 Å². The number of carbonyl (C=O) groups is 1. The number of nitrogens with one attached hydrogen (secondary N) is 1. The molecule has 1 amide bonds. The van der Waals surface area contributed by atoms with Gasteiger partial charge in [-0.05, 0) is 54.4 Å². The molecule has 122 valence electrons. The van der Waals surface area contributed by atoms with E-state index in [1.807, 2.05) is 36.7 Å². The topological polar surface area (TPSA) is 34.0 Å². The zero-order valence-corrected chi connectivity index (χ0v) is 14.2. The van der Waals surface area contributed by atoms with E-state index in [0.29, 0.717) is 11.4 Å². The SMILES string of the molecule is Cc1ccccc1[C@H](CC(=O)Nc1ccc(Cl)cc1)n1cccc1. The Morgan fingerprint density at radius 3 is 2.38 bits per heavy atom. The first-order chi connectivity index (χ1) is 11.6. The van der Waals surface area contributed by atoms with Gasteiger partial charge in [-0.1, -0.05) is 35.9 Å². The summed E-state index contributed by atoms with van der Waals surface area (Å²) < 4.78 is 2.07. The number of hydrogen-bond acceptors (Lipinski definition) is 1. The lowest BCUT2D eigenvalue weighted by Crippen LogP contribution is -2.20. The van der Waals surface area contributed by atoms with Gasteiger partial charge in [-0.2, -0.15) is 0 Å². The summed E-state index contributed by atoms with van der Waals surface area (Å²) in [7, 11) is 0. The predicted molar refractivity (Wildman–Crippen MR) is 98.4 cm³/mol. The molecule has 0 fully saturated rings. The lowest BCUT2D eigenvalue weighted by Gasteiger charge is -2.21. The van der Waals surface area contributed by atoms with Crippen LogP contribution in [-0.2, 0) is 4.79 Å². The normalized spacial score (nSPS) is 11.9. The Hall–Kier alpha value is -2.52. The zero-order valence-electron chi connectivity index (χ0n) is 13.4. The van der Waals surface area contributed by atoms with Crippen LogP contribution in [0.2, 0.25) is 5.02 Å². The highest BCUT2D eigenvalue weighted by atomic mass is 35.5. The van der Waals surface area contributed by atoms with Crippen molar-refractivity contribution in [2.45, 2.75) is 19.4 Å². The molecule has 1 atom stereocenters. The van der Waals surface area contributed by atoms with Crippen LogP contribution in [0.4, 0.5) is 5.69 Å². The maximum atomic E-state index is 12.5. The van der Waals surface area contributed by atoms with E-state index < -0.39 is 0 Å². The van der Waals surface area contributed by atoms with Crippen LogP contribution < -0.4 is 5.32 Å². The van der Waals surface area contributed by atoms with Crippen LogP contribution in [0, 0.1) is 6.92 Å². The van der Waals surface area contributed by atoms with Crippen molar-refractivity contribution in [2.75, 3.05) is 5.32 Å². The van der Waals surface area contributed by atoms with E-state index in [1.165, 1.54) is 5.56 Å². The van der Waals surface area contributed by atoms with Gasteiger partial charge in [0.25, 0.3) is 0 Å². The van der Waals surface area contributed by atoms with Gasteiger partial charge in [0.1, 0.15) is 0 Å². The molecule has 0 saturated carbocycles. The van der Waals surface area contributed by atoms with Gasteiger partial charge in [0.2, 0.25) is 5.91 Å². The number of hydrogen-bond donors (Lipinski definition) is 1. The van der Waals surface area contributed by atoms with Crippen molar-refractivity contribution in [3.8, 4) is 0 Å². The molecule has 1 aromatic heterocycles. The van der Waals surface area contributed by atoms with Crippen LogP contribution in [0.15, 0.2) is 73.1 Å². The number of rotatable bonds is 5. The summed E-state index contributed by atoms with van der Waals surface area (Å²) in [5, 5.41) is 3.59. The fourth-order valence-corrected chi connectivity index (χ4v) is 2.94. The second-order valence-electron chi connectivity index (χ2n) is 5.76. The first-order valence-corrected chi connectivity index (χ1v) is 8.24. The van der Waals surface area contributed by atoms with Crippen LogP contribution >= 0.6 is 11.6 Å². The Morgan fingerprint density at radius 1 is 1.04 bits per heavy atom. The number of anilines is 1. The molecule has 0 spiro atoms. The summed E-state index contributed by atoms with van der Waals surface area (Å²) in [5.41, 5.74) is 3.08. The fourth-order valence-electron chi connectivity index (χ4n) is 2.81. The zero-order chi connectivity index (χ0) is 16.9. The van der Waals surface area contributed by atoms with Crippen molar-refractivity contribution in [2.24, 2.45) is 0 Å². The minimum atomic E-state index is -0.0338. The third-order valence-electron chi connectivity index (χ3n) is 4.04. The third kappa shape index (κ3) is 3.87. The second-order valence-corrected chi connectivity index (χ2v) is 6.20. The van der Waals surface area contributed by atoms with E-state index in [0.717, 1.165) is 11.3 Å². The van der Waals surface area contributed by atoms with Crippen molar-refractivity contribution < 1.29 is 4.79 Å². The molecule has 0 aliphatic heterocycles. The Balaban J connectivity index is 1.81. The summed E-state index contributed by atoms with van der Waals surface area (Å²) in [6, 6.07) is 19.2. The van der Waals surface area contributed by atoms with Crippen LogP contribution in [0.3, 0.4) is 0 Å². The number of nitrogens with zero attached hydrogens (tertiary/aromatic N) is 1. The van der Waals surface area contributed by atoms with Gasteiger partial charge in [-0.3, -0.25) is 4.79 Å². The maximum absolute atomic E-state index is 12.5. The minimum absolute atomic E-state index is 0.0284. The fraction of sp³-hybridized carbons (Fsp3) is 0.150. The van der Waals surface area contributed by atoms with Crippen molar-refractivity contribution in [3.63, 3.8) is 0 Å². The van der Waals surface area contributed by atoms with Gasteiger partial charge in [0, 0.05) is 23.1 Å². The van der Waals surface area contributed by atoms with E-state index >= 15 is 0 Å². The second kappa shape index (κ2) is 7.37. The van der Waals surface area contributed by atoms with Crippen molar-refractivity contribution in [1.29, 1.82) is 0 Å². The van der Waals surface area contributed by atoms with E-state index in [-0.39, 0.29) is 11.9 Å². The molecule has 0 radical (unpaired) electrons. The molecule has 0 unspecified atom stereocenters. The predicted octanol–water partition coefficient (Wildman–Crippen LogP) is 5.07. The molecule has 0 bridgehead atoms. The molecule has 0 aliphatic rings. The molecule has 1 heterocycles. The van der Waals surface area contributed by atoms with E-state index in [2.05, 4.69) is 28.9 Å². The highest BCUT2D eigenvalue weighted by Crippen LogP contribution is 2.26. The van der Waals surface area contributed by atoms with Gasteiger partial charge < -0.3 is 9.88 Å². The summed E-state index contributed by atoms with van der Waals surface area (Å²) in [6.07, 6.45) is 4.35. The number of amides is 1. The van der Waals surface area contributed by atoms with Gasteiger partial charge in [0.05, 0.1) is 12.5 Å². The summed E-state index contributed by atoms with van der Waals surface area (Å²) >= 11 is 5.88. The smallest absolute Gasteiger partial charge is 0.226 e. The van der Waals surface area contributed by atoms with Gasteiger partial charge in [-0.25, -0.2) is 0 Å². The Bertz CT molecular complexity index is 810. The highest BCUT2D eigenvalue weighted by molar-refractivity contribution is 6.30. The van der Waals surface area contributed by atoms with Crippen LogP contribution in [0.5, 0.6) is 0 Å². The van der Waals surface area contributed by atoms with Crippen LogP contribution in [0.25, 0.3) is 0 Å². The highest BCUT2D eigenvalue weighted by Gasteiger charge is 2.19. The minimum Gasteiger partial charge on any atom is -0.346 e. The first kappa shape index (κ1) is 16.3. The van der Waals surface area contributed by atoms with Crippen molar-refractivity contribution in [1.82, 2.24) is 4.57 Å². The standard InChI is InChI=1S/C20H19ClN2O/c1-15-6-2-3-7-18(15)19(23-12-4-5-13-23)14-20(24)22-17-10-8-16(21)9-11-17/h2-13,19H,14H2,1H3,(H,22,24)/t19-/m0/s1. The molecule has 0 aliphatic carbocycles. The molecule has 4 heteroatoms. The molecule has 3 rings (SSSR count). The quantitative estimate of drug-likeness (QED) is 0.692. The van der Waals surface area contributed by atoms with Gasteiger partial charge >= 0.3 is 0 Å². The van der Waals surface area contributed by atoms with Crippen LogP contribution in [-0.4, -0.2) is 10.5 Å². The molecule has 1 N–H and O–H groups in total. The van der Waals surface area contributed by atoms with E-state index in [4.69, 9.17) is 11.6 Å². The molecule has 2 aromatic carbocycles. The molecule has 0 saturated heterocycles. The summed E-state index contributed by atoms with van der Waals surface area (Å²) in [5.74, 6) is -0.0284. The Kier molecular flexibility index (Phi) is 5.02. The number of benzene rings is 2. The molecule has 3 nitrogen and oxygen atoms in total. The van der Waals surface area contributed by atoms with Gasteiger partial charge in [-0.15, -0.1) is 0 Å². The van der Waals surface area contributed by atoms with E-state index in [9.17, 15) is 4.79 Å². The average Bonchev–Trinajstić information content (AvgIpc) is 3.10. The Morgan fingerprint density at radius 2 is 1.71 bits per heavy atom. The molecule has 3 aromatic rings. The monoisotopic (exact) mass is 338 g/mol. The molecular weight excluding hydrogens is 320 g/mol. The summed E-state index contributed by atoms with van der Waals surface area (Å²) in [6.45, 7) is 2.07. The largest absolute Gasteiger partial charge is 0.346 e. The molecular formula is C20H19ClN2O. The lowest BCUT2D eigenvalue weighted by atomic mass is 9.98. The Labute approximate surface area is 146 Å². The number of halogens is 1. The number of aryl methyl sites for hydroxylation is 1. The number of carbonyl (C=O) groups excluding carboxylic acids is 1. The van der Waals surface area contributed by atoms with Crippen molar-refractivity contribution >= 4 is 23.2 Å². The van der Waals surface area contributed by atoms with Crippen molar-refractivity contribution in [3.05, 3.63) is 89.2 Å². The summed E-state index contributed by atoms with van der Waals surface area (Å²) in [4.78, 5) is 12.5. The average molecular weight is 339 g/mol.